The maximum atomic E-state index is 12.4. The highest BCUT2D eigenvalue weighted by molar-refractivity contribution is 5.79. The molecule has 2 fully saturated rings. The van der Waals surface area contributed by atoms with Gasteiger partial charge in [0.2, 0.25) is 0 Å². The molecule has 0 aromatic heterocycles. The highest BCUT2D eigenvalue weighted by atomic mass is 16.5. The maximum Gasteiger partial charge on any atom is 0.407 e. The van der Waals surface area contributed by atoms with Crippen molar-refractivity contribution in [1.82, 2.24) is 16.2 Å². The monoisotopic (exact) mass is 412 g/mol. The number of hydrazone groups is 1. The molecule has 0 radical (unpaired) electrons. The zero-order valence-corrected chi connectivity index (χ0v) is 17.3. The minimum absolute atomic E-state index is 0.202. The Kier molecular flexibility index (Phi) is 9.99. The van der Waals surface area contributed by atoms with Crippen LogP contribution in [-0.2, 0) is 14.3 Å². The van der Waals surface area contributed by atoms with Crippen LogP contribution in [0.4, 0.5) is 4.79 Å². The molecule has 10 heteroatoms. The number of nitrogens with zero attached hydrogens (tertiary/aromatic N) is 1. The zero-order chi connectivity index (χ0) is 21.1. The second kappa shape index (κ2) is 12.5. The van der Waals surface area contributed by atoms with Crippen LogP contribution in [0.25, 0.3) is 0 Å². The van der Waals surface area contributed by atoms with Crippen LogP contribution in [-0.4, -0.2) is 50.2 Å². The number of ether oxygens (including phenoxy) is 2. The third kappa shape index (κ3) is 8.06. The molecule has 29 heavy (non-hydrogen) atoms. The summed E-state index contributed by atoms with van der Waals surface area (Å²) < 4.78 is 10.2. The summed E-state index contributed by atoms with van der Waals surface area (Å²) in [4.78, 5) is 23.6. The number of amides is 1. The van der Waals surface area contributed by atoms with E-state index in [1.54, 1.807) is 6.92 Å². The number of nitrogens with one attached hydrogen (secondary N) is 3. The Bertz CT molecular complexity index is 559. The molecule has 7 N–H and O–H groups in total. The Morgan fingerprint density at radius 1 is 1.21 bits per heavy atom. The molecule has 4 atom stereocenters. The number of piperidine rings is 1. The van der Waals surface area contributed by atoms with Gasteiger partial charge in [0.1, 0.15) is 11.9 Å². The zero-order valence-electron chi connectivity index (χ0n) is 17.3. The van der Waals surface area contributed by atoms with Crippen molar-refractivity contribution in [2.45, 2.75) is 57.9 Å². The van der Waals surface area contributed by atoms with Crippen LogP contribution in [0.5, 0.6) is 0 Å². The molecule has 0 bridgehead atoms. The van der Waals surface area contributed by atoms with Crippen LogP contribution in [0, 0.1) is 17.8 Å². The van der Waals surface area contributed by atoms with Crippen molar-refractivity contribution in [1.29, 1.82) is 0 Å². The molecule has 1 saturated carbocycles. The first-order valence-corrected chi connectivity index (χ1v) is 10.6. The molecule has 1 aliphatic carbocycles. The molecule has 1 amide bonds. The fourth-order valence-electron chi connectivity index (χ4n) is 4.31. The van der Waals surface area contributed by atoms with Gasteiger partial charge in [0.15, 0.2) is 0 Å². The fraction of sp³-hybridized carbons (Fsp3) is 0.842. The smallest absolute Gasteiger partial charge is 0.407 e. The molecule has 166 valence electrons. The van der Waals surface area contributed by atoms with Gasteiger partial charge in [0.05, 0.1) is 13.2 Å². The highest BCUT2D eigenvalue weighted by Gasteiger charge is 2.38. The number of hydrogen-bond donors (Lipinski definition) is 5. The van der Waals surface area contributed by atoms with Gasteiger partial charge in [-0.2, -0.15) is 5.10 Å². The Labute approximate surface area is 172 Å². The molecule has 10 nitrogen and oxygen atoms in total. The Morgan fingerprint density at radius 3 is 2.79 bits per heavy atom. The average Bonchev–Trinajstić information content (AvgIpc) is 2.71. The number of hydrogen-bond acceptors (Lipinski definition) is 8. The molecule has 1 heterocycles. The standard InChI is InChI=1S/C19H36N6O4/c1-2-28-19(27)22-8-3-9-29-18(26)16-11-15-10-13(4-6-14(15)12-23-16)5-7-17(20)24-25-21/h13-16,23,25H,2-12,21H2,1H3,(H2,20,24)(H,22,27). The lowest BCUT2D eigenvalue weighted by atomic mass is 9.69. The van der Waals surface area contributed by atoms with Crippen molar-refractivity contribution < 1.29 is 19.1 Å². The number of fused-ring (bicyclic) bond motifs is 1. The minimum Gasteiger partial charge on any atom is -0.464 e. The lowest BCUT2D eigenvalue weighted by Crippen LogP contribution is -2.50. The summed E-state index contributed by atoms with van der Waals surface area (Å²) in [6, 6.07) is -0.249. The van der Waals surface area contributed by atoms with E-state index < -0.39 is 6.09 Å². The van der Waals surface area contributed by atoms with Gasteiger partial charge in [-0.25, -0.2) is 16.2 Å². The van der Waals surface area contributed by atoms with E-state index in [-0.39, 0.29) is 18.6 Å². The van der Waals surface area contributed by atoms with E-state index in [2.05, 4.69) is 21.3 Å². The molecule has 1 aliphatic heterocycles. The van der Waals surface area contributed by atoms with E-state index in [9.17, 15) is 9.59 Å². The number of carbonyl (C=O) groups is 2. The van der Waals surface area contributed by atoms with Gasteiger partial charge < -0.3 is 25.8 Å². The summed E-state index contributed by atoms with van der Waals surface area (Å²) in [5, 5.41) is 9.77. The predicted octanol–water partition coefficient (Wildman–Crippen LogP) is 0.576. The SMILES string of the molecule is CCOC(=O)NCCCOC(=O)C1CC2CC(CC/C(N)=N/NN)CCC2CN1. The first-order valence-electron chi connectivity index (χ1n) is 10.6. The van der Waals surface area contributed by atoms with Crippen LogP contribution in [0.2, 0.25) is 0 Å². The molecule has 1 saturated heterocycles. The molecule has 0 aromatic rings. The molecule has 2 rings (SSSR count). The first kappa shape index (κ1) is 23.2. The van der Waals surface area contributed by atoms with Crippen molar-refractivity contribution >= 4 is 17.9 Å². The summed E-state index contributed by atoms with van der Waals surface area (Å²) in [6.45, 7) is 3.66. The summed E-state index contributed by atoms with van der Waals surface area (Å²) in [5.41, 5.74) is 8.03. The quantitative estimate of drug-likeness (QED) is 0.0872. The number of carbonyl (C=O) groups excluding carboxylic acids is 2. The number of nitrogens with two attached hydrogens (primary N) is 2. The second-order valence-corrected chi connectivity index (χ2v) is 7.83. The van der Waals surface area contributed by atoms with Crippen molar-refractivity contribution in [3.05, 3.63) is 0 Å². The van der Waals surface area contributed by atoms with Crippen LogP contribution in [0.1, 0.15) is 51.9 Å². The minimum atomic E-state index is -0.446. The molecule has 2 aliphatic rings. The predicted molar refractivity (Wildman–Crippen MR) is 110 cm³/mol. The van der Waals surface area contributed by atoms with Crippen molar-refractivity contribution in [2.75, 3.05) is 26.3 Å². The molecule has 4 unspecified atom stereocenters. The Morgan fingerprint density at radius 2 is 2.03 bits per heavy atom. The van der Waals surface area contributed by atoms with E-state index in [0.29, 0.717) is 43.2 Å². The van der Waals surface area contributed by atoms with E-state index >= 15 is 0 Å². The number of amidine groups is 1. The van der Waals surface area contributed by atoms with Gasteiger partial charge in [0.25, 0.3) is 0 Å². The van der Waals surface area contributed by atoms with Gasteiger partial charge in [-0.3, -0.25) is 4.79 Å². The molecular weight excluding hydrogens is 376 g/mol. The molecule has 0 spiro atoms. The Balaban J connectivity index is 1.67. The van der Waals surface area contributed by atoms with Crippen molar-refractivity contribution in [3.63, 3.8) is 0 Å². The van der Waals surface area contributed by atoms with Crippen molar-refractivity contribution in [3.8, 4) is 0 Å². The van der Waals surface area contributed by atoms with E-state index in [4.69, 9.17) is 21.1 Å². The number of hydrazine groups is 1. The van der Waals surface area contributed by atoms with Gasteiger partial charge in [-0.1, -0.05) is 6.42 Å². The van der Waals surface area contributed by atoms with Gasteiger partial charge in [-0.05, 0) is 63.3 Å². The van der Waals surface area contributed by atoms with Gasteiger partial charge in [0, 0.05) is 13.0 Å². The van der Waals surface area contributed by atoms with E-state index in [1.807, 2.05) is 0 Å². The first-order chi connectivity index (χ1) is 14.0. The van der Waals surface area contributed by atoms with E-state index in [1.165, 1.54) is 12.8 Å². The third-order valence-electron chi connectivity index (χ3n) is 5.82. The van der Waals surface area contributed by atoms with Gasteiger partial charge >= 0.3 is 12.1 Å². The summed E-state index contributed by atoms with van der Waals surface area (Å²) >= 11 is 0. The molecular formula is C19H36N6O4. The Hall–Kier alpha value is -2.07. The van der Waals surface area contributed by atoms with E-state index in [0.717, 1.165) is 32.2 Å². The largest absolute Gasteiger partial charge is 0.464 e. The lowest BCUT2D eigenvalue weighted by Gasteiger charge is -2.42. The maximum absolute atomic E-state index is 12.4. The fourth-order valence-corrected chi connectivity index (χ4v) is 4.31. The van der Waals surface area contributed by atoms with Gasteiger partial charge in [-0.15, -0.1) is 0 Å². The second-order valence-electron chi connectivity index (χ2n) is 7.83. The molecule has 0 aromatic carbocycles. The van der Waals surface area contributed by atoms with Crippen LogP contribution in [0.3, 0.4) is 0 Å². The third-order valence-corrected chi connectivity index (χ3v) is 5.82. The van der Waals surface area contributed by atoms with Crippen LogP contribution < -0.4 is 27.7 Å². The number of alkyl carbamates (subject to hydrolysis) is 1. The average molecular weight is 413 g/mol. The number of esters is 1. The topological polar surface area (TPSA) is 153 Å². The normalized spacial score (nSPS) is 26.9. The van der Waals surface area contributed by atoms with Crippen LogP contribution >= 0.6 is 0 Å². The van der Waals surface area contributed by atoms with Crippen LogP contribution in [0.15, 0.2) is 5.10 Å². The highest BCUT2D eigenvalue weighted by Crippen LogP contribution is 2.40. The summed E-state index contributed by atoms with van der Waals surface area (Å²) in [6.07, 6.45) is 6.14. The lowest BCUT2D eigenvalue weighted by molar-refractivity contribution is -0.148. The number of rotatable bonds is 10. The summed E-state index contributed by atoms with van der Waals surface area (Å²) in [7, 11) is 0. The summed E-state index contributed by atoms with van der Waals surface area (Å²) in [5.74, 6) is 7.24. The van der Waals surface area contributed by atoms with Crippen molar-refractivity contribution in [2.24, 2.45) is 34.4 Å².